The second kappa shape index (κ2) is 12.5. The number of rotatable bonds is 13. The van der Waals surface area contributed by atoms with Gasteiger partial charge in [0, 0.05) is 13.0 Å². The highest BCUT2D eigenvalue weighted by atomic mass is 16.4. The smallest absolute Gasteiger partial charge is 0.326 e. The van der Waals surface area contributed by atoms with Gasteiger partial charge in [-0.3, -0.25) is 19.4 Å². The number of guanidine groups is 1. The molecule has 0 aromatic carbocycles. The number of primary amides is 1. The number of carbonyl (C=O) groups is 4. The second-order valence-electron chi connectivity index (χ2n) is 6.69. The Kier molecular flexibility index (Phi) is 11.2. The van der Waals surface area contributed by atoms with Gasteiger partial charge in [0.15, 0.2) is 5.96 Å². The molecule has 12 nitrogen and oxygen atoms in total. The van der Waals surface area contributed by atoms with Crippen LogP contribution < -0.4 is 33.6 Å². The molecule has 3 unspecified atom stereocenters. The fourth-order valence-electron chi connectivity index (χ4n) is 2.25. The Morgan fingerprint density at radius 2 is 1.61 bits per heavy atom. The lowest BCUT2D eigenvalue weighted by Gasteiger charge is -2.24. The first-order valence-corrected chi connectivity index (χ1v) is 8.88. The van der Waals surface area contributed by atoms with Gasteiger partial charge in [-0.15, -0.1) is 0 Å². The van der Waals surface area contributed by atoms with E-state index in [1.165, 1.54) is 0 Å². The van der Waals surface area contributed by atoms with Crippen molar-refractivity contribution in [3.05, 3.63) is 0 Å². The number of nitrogens with two attached hydrogens (primary N) is 4. The minimum atomic E-state index is -1.19. The number of hydrogen-bond acceptors (Lipinski definition) is 6. The van der Waals surface area contributed by atoms with Crippen molar-refractivity contribution in [1.29, 1.82) is 0 Å². The molecule has 3 amide bonds. The molecule has 12 heteroatoms. The van der Waals surface area contributed by atoms with Crippen molar-refractivity contribution in [2.45, 2.75) is 57.7 Å². The van der Waals surface area contributed by atoms with Gasteiger partial charge >= 0.3 is 5.97 Å². The van der Waals surface area contributed by atoms with Crippen molar-refractivity contribution in [1.82, 2.24) is 10.6 Å². The maximum absolute atomic E-state index is 12.5. The SMILES string of the molecule is CC(C)C(NC(=O)C(CCCN=C(N)N)NC(=O)C(N)CCC(N)=O)C(=O)O. The maximum Gasteiger partial charge on any atom is 0.326 e. The third kappa shape index (κ3) is 10.3. The quantitative estimate of drug-likeness (QED) is 0.0975. The average molecular weight is 401 g/mol. The van der Waals surface area contributed by atoms with E-state index in [2.05, 4.69) is 15.6 Å². The summed E-state index contributed by atoms with van der Waals surface area (Å²) in [5, 5.41) is 14.1. The van der Waals surface area contributed by atoms with E-state index in [1.807, 2.05) is 0 Å². The lowest BCUT2D eigenvalue weighted by molar-refractivity contribution is -0.143. The standard InChI is InChI=1S/C16H31N7O5/c1-8(2)12(15(27)28)23-14(26)10(4-3-7-21-16(19)20)22-13(25)9(17)5-6-11(18)24/h8-10,12H,3-7,17H2,1-2H3,(H2,18,24)(H,22,25)(H,23,26)(H,27,28)(H4,19,20,21). The summed E-state index contributed by atoms with van der Waals surface area (Å²) in [6.45, 7) is 3.51. The molecule has 0 aromatic heterocycles. The Bertz CT molecular complexity index is 590. The molecule has 0 saturated carbocycles. The Labute approximate surface area is 163 Å². The molecule has 3 atom stereocenters. The van der Waals surface area contributed by atoms with Crippen molar-refractivity contribution in [2.24, 2.45) is 33.8 Å². The summed E-state index contributed by atoms with van der Waals surface area (Å²) < 4.78 is 0. The highest BCUT2D eigenvalue weighted by Gasteiger charge is 2.29. The topological polar surface area (TPSA) is 229 Å². The van der Waals surface area contributed by atoms with Crippen LogP contribution in [0.5, 0.6) is 0 Å². The van der Waals surface area contributed by atoms with E-state index in [0.717, 1.165) is 0 Å². The number of carboxylic acid groups (broad SMARTS) is 1. The normalized spacial score (nSPS) is 13.9. The molecular formula is C16H31N7O5. The summed E-state index contributed by atoms with van der Waals surface area (Å²) in [4.78, 5) is 50.7. The Hall–Kier alpha value is -2.89. The summed E-state index contributed by atoms with van der Waals surface area (Å²) in [7, 11) is 0. The number of nitrogens with zero attached hydrogens (tertiary/aromatic N) is 1. The van der Waals surface area contributed by atoms with Gasteiger partial charge in [0.1, 0.15) is 12.1 Å². The van der Waals surface area contributed by atoms with E-state index < -0.39 is 41.8 Å². The lowest BCUT2D eigenvalue weighted by Crippen LogP contribution is -2.55. The van der Waals surface area contributed by atoms with Crippen LogP contribution in [0, 0.1) is 5.92 Å². The lowest BCUT2D eigenvalue weighted by atomic mass is 10.0. The zero-order valence-corrected chi connectivity index (χ0v) is 16.2. The summed E-state index contributed by atoms with van der Waals surface area (Å²) in [5.41, 5.74) is 21.2. The molecule has 0 radical (unpaired) electrons. The van der Waals surface area contributed by atoms with Gasteiger partial charge in [0.2, 0.25) is 17.7 Å². The van der Waals surface area contributed by atoms with Crippen LogP contribution >= 0.6 is 0 Å². The van der Waals surface area contributed by atoms with Gasteiger partial charge in [-0.1, -0.05) is 13.8 Å². The minimum absolute atomic E-state index is 0.0211. The van der Waals surface area contributed by atoms with Crippen molar-refractivity contribution >= 4 is 29.7 Å². The molecule has 0 rings (SSSR count). The van der Waals surface area contributed by atoms with Crippen LogP contribution in [0.25, 0.3) is 0 Å². The number of carboxylic acids is 1. The first-order chi connectivity index (χ1) is 13.0. The van der Waals surface area contributed by atoms with Crippen LogP contribution in [0.2, 0.25) is 0 Å². The van der Waals surface area contributed by atoms with E-state index in [1.54, 1.807) is 13.8 Å². The zero-order chi connectivity index (χ0) is 21.9. The van der Waals surface area contributed by atoms with Gasteiger partial charge in [-0.2, -0.15) is 0 Å². The van der Waals surface area contributed by atoms with Gasteiger partial charge < -0.3 is 38.7 Å². The zero-order valence-electron chi connectivity index (χ0n) is 16.2. The number of aliphatic imine (C=N–C) groups is 1. The Balaban J connectivity index is 5.09. The van der Waals surface area contributed by atoms with Crippen LogP contribution in [0.1, 0.15) is 39.5 Å². The van der Waals surface area contributed by atoms with E-state index in [4.69, 9.17) is 22.9 Å². The van der Waals surface area contributed by atoms with E-state index in [9.17, 15) is 24.3 Å². The van der Waals surface area contributed by atoms with Crippen LogP contribution in [-0.2, 0) is 19.2 Å². The number of aliphatic carboxylic acids is 1. The number of carbonyl (C=O) groups excluding carboxylic acids is 3. The molecule has 0 heterocycles. The van der Waals surface area contributed by atoms with Gasteiger partial charge in [0.25, 0.3) is 0 Å². The molecule has 0 aromatic rings. The number of hydrogen-bond donors (Lipinski definition) is 7. The predicted octanol–water partition coefficient (Wildman–Crippen LogP) is -2.66. The third-order valence-electron chi connectivity index (χ3n) is 3.85. The highest BCUT2D eigenvalue weighted by Crippen LogP contribution is 2.06. The summed E-state index contributed by atoms with van der Waals surface area (Å²) in [6, 6.07) is -3.20. The van der Waals surface area contributed by atoms with Crippen molar-refractivity contribution in [2.75, 3.05) is 6.54 Å². The van der Waals surface area contributed by atoms with Crippen LogP contribution in [0.15, 0.2) is 4.99 Å². The van der Waals surface area contributed by atoms with Crippen molar-refractivity contribution in [3.63, 3.8) is 0 Å². The van der Waals surface area contributed by atoms with E-state index >= 15 is 0 Å². The minimum Gasteiger partial charge on any atom is -0.480 e. The molecule has 28 heavy (non-hydrogen) atoms. The van der Waals surface area contributed by atoms with Crippen LogP contribution in [-0.4, -0.2) is 59.4 Å². The predicted molar refractivity (Wildman–Crippen MR) is 103 cm³/mol. The van der Waals surface area contributed by atoms with Gasteiger partial charge in [-0.25, -0.2) is 4.79 Å². The molecule has 0 aliphatic heterocycles. The summed E-state index contributed by atoms with van der Waals surface area (Å²) in [6.07, 6.45) is 0.450. The summed E-state index contributed by atoms with van der Waals surface area (Å²) in [5.74, 6) is -3.58. The number of amides is 3. The van der Waals surface area contributed by atoms with Crippen LogP contribution in [0.3, 0.4) is 0 Å². The average Bonchev–Trinajstić information content (AvgIpc) is 2.58. The Morgan fingerprint density at radius 3 is 2.07 bits per heavy atom. The highest BCUT2D eigenvalue weighted by molar-refractivity contribution is 5.92. The molecule has 0 fully saturated rings. The van der Waals surface area contributed by atoms with Crippen molar-refractivity contribution < 1.29 is 24.3 Å². The maximum atomic E-state index is 12.5. The number of nitrogens with one attached hydrogen (secondary N) is 2. The molecular weight excluding hydrogens is 370 g/mol. The monoisotopic (exact) mass is 401 g/mol. The molecule has 11 N–H and O–H groups in total. The first-order valence-electron chi connectivity index (χ1n) is 8.88. The fraction of sp³-hybridized carbons (Fsp3) is 0.688. The molecule has 160 valence electrons. The van der Waals surface area contributed by atoms with E-state index in [-0.39, 0.29) is 37.7 Å². The van der Waals surface area contributed by atoms with E-state index in [0.29, 0.717) is 6.42 Å². The fourth-order valence-corrected chi connectivity index (χ4v) is 2.25. The third-order valence-corrected chi connectivity index (χ3v) is 3.85. The molecule has 0 aliphatic rings. The molecule has 0 saturated heterocycles. The Morgan fingerprint density at radius 1 is 1.00 bits per heavy atom. The second-order valence-corrected chi connectivity index (χ2v) is 6.69. The first kappa shape index (κ1) is 25.1. The van der Waals surface area contributed by atoms with Crippen LogP contribution in [0.4, 0.5) is 0 Å². The van der Waals surface area contributed by atoms with Gasteiger partial charge in [-0.05, 0) is 25.2 Å². The molecule has 0 bridgehead atoms. The van der Waals surface area contributed by atoms with Crippen molar-refractivity contribution in [3.8, 4) is 0 Å². The molecule has 0 spiro atoms. The van der Waals surface area contributed by atoms with Gasteiger partial charge in [0.05, 0.1) is 6.04 Å². The molecule has 0 aliphatic carbocycles. The summed E-state index contributed by atoms with van der Waals surface area (Å²) >= 11 is 0. The largest absolute Gasteiger partial charge is 0.480 e.